The van der Waals surface area contributed by atoms with Crippen molar-refractivity contribution >= 4 is 12.1 Å². The first-order valence-electron chi connectivity index (χ1n) is 3.12. The molecule has 0 saturated carbocycles. The van der Waals surface area contributed by atoms with Crippen LogP contribution in [-0.2, 0) is 19.5 Å². The molecule has 0 heterocycles. The second kappa shape index (κ2) is 6.38. The summed E-state index contributed by atoms with van der Waals surface area (Å²) in [5.41, 5.74) is 0. The van der Waals surface area contributed by atoms with Crippen molar-refractivity contribution in [3.63, 3.8) is 0 Å². The second-order valence-electron chi connectivity index (χ2n) is 1.60. The second-order valence-corrected chi connectivity index (χ2v) is 1.60. The summed E-state index contributed by atoms with van der Waals surface area (Å²) in [6.07, 6.45) is -1.08. The molecule has 0 aromatic heterocycles. The molecule has 0 atom stereocenters. The molecule has 12 heavy (non-hydrogen) atoms. The molecule has 7 nitrogen and oxygen atoms in total. The standard InChI is InChI=1S/C5H9NO6/c1-2-10-4(7)3-6-5(8)11-12-9/h9H,2-3H2,1H3,(H,6,8). The number of nitrogens with one attached hydrogen (secondary N) is 1. The van der Waals surface area contributed by atoms with Crippen LogP contribution in [0.25, 0.3) is 0 Å². The summed E-state index contributed by atoms with van der Waals surface area (Å²) in [5.74, 6) is -0.604. The summed E-state index contributed by atoms with van der Waals surface area (Å²) >= 11 is 0. The van der Waals surface area contributed by atoms with Gasteiger partial charge in [0.25, 0.3) is 0 Å². The third kappa shape index (κ3) is 5.45. The normalized spacial score (nSPS) is 8.83. The Bertz CT molecular complexity index is 140. The van der Waals surface area contributed by atoms with Gasteiger partial charge in [-0.3, -0.25) is 4.79 Å². The number of ether oxygens (including phenoxy) is 1. The Kier molecular flexibility index (Phi) is 5.66. The number of carbonyl (C=O) groups excluding carboxylic acids is 2. The van der Waals surface area contributed by atoms with E-state index in [9.17, 15) is 9.59 Å². The van der Waals surface area contributed by atoms with Gasteiger partial charge in [-0.2, -0.15) is 0 Å². The molecule has 0 unspecified atom stereocenters. The number of carbonyl (C=O) groups is 2. The molecule has 2 N–H and O–H groups in total. The topological polar surface area (TPSA) is 94.1 Å². The Morgan fingerprint density at radius 2 is 2.17 bits per heavy atom. The molecule has 0 spiro atoms. The lowest BCUT2D eigenvalue weighted by Crippen LogP contribution is -2.30. The van der Waals surface area contributed by atoms with E-state index in [1.807, 2.05) is 5.32 Å². The van der Waals surface area contributed by atoms with Gasteiger partial charge in [0.15, 0.2) is 0 Å². The van der Waals surface area contributed by atoms with E-state index in [-0.39, 0.29) is 13.2 Å². The van der Waals surface area contributed by atoms with Gasteiger partial charge >= 0.3 is 12.1 Å². The summed E-state index contributed by atoms with van der Waals surface area (Å²) in [6.45, 7) is 1.52. The molecule has 0 rings (SSSR count). The highest BCUT2D eigenvalue weighted by atomic mass is 17.5. The zero-order valence-corrected chi connectivity index (χ0v) is 6.40. The number of esters is 1. The minimum Gasteiger partial charge on any atom is -0.465 e. The van der Waals surface area contributed by atoms with Crippen LogP contribution in [0.5, 0.6) is 0 Å². The van der Waals surface area contributed by atoms with E-state index < -0.39 is 12.1 Å². The summed E-state index contributed by atoms with van der Waals surface area (Å²) in [5, 5.41) is 12.6. The maximum Gasteiger partial charge on any atom is 0.442 e. The summed E-state index contributed by atoms with van der Waals surface area (Å²) in [6, 6.07) is 0. The molecule has 0 aliphatic heterocycles. The molecule has 1 amide bonds. The average molecular weight is 179 g/mol. The third-order valence-corrected chi connectivity index (χ3v) is 0.795. The van der Waals surface area contributed by atoms with Crippen molar-refractivity contribution in [1.82, 2.24) is 5.32 Å². The van der Waals surface area contributed by atoms with Gasteiger partial charge in [-0.1, -0.05) is 0 Å². The van der Waals surface area contributed by atoms with E-state index in [1.54, 1.807) is 6.92 Å². The number of rotatable bonds is 4. The van der Waals surface area contributed by atoms with Gasteiger partial charge < -0.3 is 10.1 Å². The molecule has 0 saturated heterocycles. The Balaban J connectivity index is 3.40. The fourth-order valence-electron chi connectivity index (χ4n) is 0.420. The molecule has 0 bridgehead atoms. The van der Waals surface area contributed by atoms with Crippen LogP contribution in [0.1, 0.15) is 6.92 Å². The van der Waals surface area contributed by atoms with Gasteiger partial charge in [0.05, 0.1) is 6.61 Å². The largest absolute Gasteiger partial charge is 0.465 e. The quantitative estimate of drug-likeness (QED) is 0.349. The predicted molar refractivity (Wildman–Crippen MR) is 34.8 cm³/mol. The fourth-order valence-corrected chi connectivity index (χ4v) is 0.420. The first-order chi connectivity index (χ1) is 5.70. The van der Waals surface area contributed by atoms with Gasteiger partial charge in [-0.25, -0.2) is 14.9 Å². The Labute approximate surface area is 68.1 Å². The predicted octanol–water partition coefficient (Wildman–Crippen LogP) is -0.320. The third-order valence-electron chi connectivity index (χ3n) is 0.795. The molecular weight excluding hydrogens is 170 g/mol. The van der Waals surface area contributed by atoms with Crippen LogP contribution in [0.4, 0.5) is 4.79 Å². The summed E-state index contributed by atoms with van der Waals surface area (Å²) < 4.78 is 4.46. The van der Waals surface area contributed by atoms with Crippen molar-refractivity contribution in [2.45, 2.75) is 6.92 Å². The van der Waals surface area contributed by atoms with E-state index in [1.165, 1.54) is 0 Å². The van der Waals surface area contributed by atoms with E-state index >= 15 is 0 Å². The molecule has 0 aliphatic carbocycles. The van der Waals surface area contributed by atoms with Crippen molar-refractivity contribution < 1.29 is 29.5 Å². The molecule has 0 aromatic carbocycles. The maximum atomic E-state index is 10.6. The van der Waals surface area contributed by atoms with E-state index in [4.69, 9.17) is 5.26 Å². The number of amides is 1. The highest BCUT2D eigenvalue weighted by molar-refractivity contribution is 5.77. The van der Waals surface area contributed by atoms with E-state index in [0.29, 0.717) is 0 Å². The maximum absolute atomic E-state index is 10.6. The van der Waals surface area contributed by atoms with Gasteiger partial charge in [0, 0.05) is 0 Å². The first kappa shape index (κ1) is 10.7. The van der Waals surface area contributed by atoms with Gasteiger partial charge in [0.2, 0.25) is 0 Å². The fraction of sp³-hybridized carbons (Fsp3) is 0.600. The summed E-state index contributed by atoms with van der Waals surface area (Å²) in [7, 11) is 0. The zero-order valence-electron chi connectivity index (χ0n) is 6.40. The minimum atomic E-state index is -1.08. The van der Waals surface area contributed by atoms with E-state index in [0.717, 1.165) is 0 Å². The first-order valence-corrected chi connectivity index (χ1v) is 3.12. The van der Waals surface area contributed by atoms with Gasteiger partial charge in [-0.15, -0.1) is 0 Å². The highest BCUT2D eigenvalue weighted by Gasteiger charge is 2.06. The molecule has 0 aliphatic rings. The van der Waals surface area contributed by atoms with Crippen LogP contribution in [-0.4, -0.2) is 30.5 Å². The minimum absolute atomic E-state index is 0.228. The Morgan fingerprint density at radius 3 is 2.67 bits per heavy atom. The van der Waals surface area contributed by atoms with Crippen LogP contribution in [0.3, 0.4) is 0 Å². The lowest BCUT2D eigenvalue weighted by atomic mass is 10.6. The van der Waals surface area contributed by atoms with Gasteiger partial charge in [0.1, 0.15) is 6.54 Å². The van der Waals surface area contributed by atoms with Gasteiger partial charge in [-0.05, 0) is 12.0 Å². The molecule has 0 aromatic rings. The van der Waals surface area contributed by atoms with Crippen molar-refractivity contribution in [2.24, 2.45) is 0 Å². The Morgan fingerprint density at radius 1 is 1.50 bits per heavy atom. The van der Waals surface area contributed by atoms with Crippen LogP contribution in [0.2, 0.25) is 0 Å². The monoisotopic (exact) mass is 179 g/mol. The lowest BCUT2D eigenvalue weighted by Gasteiger charge is -2.01. The average Bonchev–Trinajstić information content (AvgIpc) is 2.02. The van der Waals surface area contributed by atoms with Crippen LogP contribution in [0, 0.1) is 0 Å². The van der Waals surface area contributed by atoms with Crippen molar-refractivity contribution in [1.29, 1.82) is 0 Å². The summed E-state index contributed by atoms with van der Waals surface area (Å²) in [4.78, 5) is 24.4. The number of hydrogen-bond acceptors (Lipinski definition) is 6. The molecule has 0 radical (unpaired) electrons. The highest BCUT2D eigenvalue weighted by Crippen LogP contribution is 1.78. The SMILES string of the molecule is CCOC(=O)CNC(=O)OOO. The number of hydrogen-bond donors (Lipinski definition) is 2. The molecule has 0 fully saturated rings. The molecule has 7 heteroatoms. The van der Waals surface area contributed by atoms with Crippen molar-refractivity contribution in [3.8, 4) is 0 Å². The Hall–Kier alpha value is -1.34. The zero-order chi connectivity index (χ0) is 9.40. The molecular formula is C5H9NO6. The van der Waals surface area contributed by atoms with Crippen LogP contribution in [0.15, 0.2) is 0 Å². The van der Waals surface area contributed by atoms with Crippen molar-refractivity contribution in [2.75, 3.05) is 13.2 Å². The molecule has 70 valence electrons. The van der Waals surface area contributed by atoms with Crippen LogP contribution < -0.4 is 5.32 Å². The van der Waals surface area contributed by atoms with E-state index in [2.05, 4.69) is 14.7 Å². The van der Waals surface area contributed by atoms with Crippen molar-refractivity contribution in [3.05, 3.63) is 0 Å². The smallest absolute Gasteiger partial charge is 0.442 e. The van der Waals surface area contributed by atoms with Crippen LogP contribution >= 0.6 is 0 Å². The lowest BCUT2D eigenvalue weighted by molar-refractivity contribution is -0.456.